The number of nitrogens with one attached hydrogen (secondary N) is 1. The normalized spacial score (nSPS) is 18.8. The summed E-state index contributed by atoms with van der Waals surface area (Å²) < 4.78 is 0. The van der Waals surface area contributed by atoms with Crippen molar-refractivity contribution in [3.63, 3.8) is 0 Å². The minimum absolute atomic E-state index is 0.544. The molecule has 1 heterocycles. The Balaban J connectivity index is 1.87. The largest absolute Gasteiger partial charge is 0.312 e. The fraction of sp³-hybridized carbons (Fsp3) is 0.684. The molecule has 21 heavy (non-hydrogen) atoms. The molecule has 1 aliphatic heterocycles. The molecule has 1 aliphatic rings. The Morgan fingerprint density at radius 1 is 1.10 bits per heavy atom. The van der Waals surface area contributed by atoms with Crippen molar-refractivity contribution in [1.29, 1.82) is 0 Å². The molecular formula is C19H32N2. The predicted molar refractivity (Wildman–Crippen MR) is 91.6 cm³/mol. The van der Waals surface area contributed by atoms with Crippen molar-refractivity contribution in [2.45, 2.75) is 64.5 Å². The summed E-state index contributed by atoms with van der Waals surface area (Å²) in [4.78, 5) is 2.65. The topological polar surface area (TPSA) is 15.3 Å². The third-order valence-corrected chi connectivity index (χ3v) is 4.67. The standard InChI is InChI=1S/C19H32N2/c1-3-4-6-11-17(2)20-16-19(21-14-9-10-15-21)18-12-7-5-8-13-18/h5,7-8,12-13,17,19-20H,3-4,6,9-11,14-16H2,1-2H3. The third kappa shape index (κ3) is 5.44. The van der Waals surface area contributed by atoms with E-state index in [0.29, 0.717) is 12.1 Å². The van der Waals surface area contributed by atoms with E-state index in [2.05, 4.69) is 54.4 Å². The summed E-state index contributed by atoms with van der Waals surface area (Å²) in [5.41, 5.74) is 1.47. The van der Waals surface area contributed by atoms with E-state index >= 15 is 0 Å². The number of unbranched alkanes of at least 4 members (excludes halogenated alkanes) is 2. The minimum atomic E-state index is 0.544. The first-order valence-corrected chi connectivity index (χ1v) is 8.83. The molecule has 2 nitrogen and oxygen atoms in total. The van der Waals surface area contributed by atoms with Crippen molar-refractivity contribution < 1.29 is 0 Å². The van der Waals surface area contributed by atoms with Gasteiger partial charge in [-0.05, 0) is 44.8 Å². The SMILES string of the molecule is CCCCCC(C)NCC(c1ccccc1)N1CCCC1. The average Bonchev–Trinajstić information content (AvgIpc) is 3.03. The van der Waals surface area contributed by atoms with Crippen molar-refractivity contribution in [3.05, 3.63) is 35.9 Å². The number of likely N-dealkylation sites (tertiary alicyclic amines) is 1. The number of nitrogens with zero attached hydrogens (tertiary/aromatic N) is 1. The van der Waals surface area contributed by atoms with E-state index in [1.54, 1.807) is 0 Å². The van der Waals surface area contributed by atoms with Crippen LogP contribution in [0.4, 0.5) is 0 Å². The highest BCUT2D eigenvalue weighted by molar-refractivity contribution is 5.19. The Kier molecular flexibility index (Phi) is 7.25. The summed E-state index contributed by atoms with van der Waals surface area (Å²) in [5.74, 6) is 0. The van der Waals surface area contributed by atoms with E-state index in [-0.39, 0.29) is 0 Å². The van der Waals surface area contributed by atoms with Gasteiger partial charge in [0.05, 0.1) is 0 Å². The first-order valence-electron chi connectivity index (χ1n) is 8.83. The van der Waals surface area contributed by atoms with Crippen LogP contribution in [-0.2, 0) is 0 Å². The Labute approximate surface area is 130 Å². The van der Waals surface area contributed by atoms with Crippen LogP contribution >= 0.6 is 0 Å². The van der Waals surface area contributed by atoms with Gasteiger partial charge in [0, 0.05) is 18.6 Å². The average molecular weight is 288 g/mol. The van der Waals surface area contributed by atoms with Crippen LogP contribution in [0.5, 0.6) is 0 Å². The summed E-state index contributed by atoms with van der Waals surface area (Å²) in [6, 6.07) is 12.2. The second-order valence-electron chi connectivity index (χ2n) is 6.47. The zero-order valence-corrected chi connectivity index (χ0v) is 13.9. The maximum Gasteiger partial charge on any atom is 0.0472 e. The van der Waals surface area contributed by atoms with E-state index in [4.69, 9.17) is 0 Å². The van der Waals surface area contributed by atoms with Crippen LogP contribution in [0.1, 0.15) is 64.0 Å². The highest BCUT2D eigenvalue weighted by atomic mass is 15.2. The molecule has 1 aromatic rings. The molecule has 0 aromatic heterocycles. The molecule has 118 valence electrons. The Morgan fingerprint density at radius 2 is 1.81 bits per heavy atom. The lowest BCUT2D eigenvalue weighted by Crippen LogP contribution is -2.37. The summed E-state index contributed by atoms with van der Waals surface area (Å²) in [7, 11) is 0. The van der Waals surface area contributed by atoms with Gasteiger partial charge in [-0.3, -0.25) is 4.90 Å². The van der Waals surface area contributed by atoms with Crippen LogP contribution < -0.4 is 5.32 Å². The van der Waals surface area contributed by atoms with Gasteiger partial charge in [-0.15, -0.1) is 0 Å². The fourth-order valence-corrected chi connectivity index (χ4v) is 3.30. The maximum absolute atomic E-state index is 3.78. The smallest absolute Gasteiger partial charge is 0.0472 e. The first-order chi connectivity index (χ1) is 10.3. The Bertz CT molecular complexity index is 370. The van der Waals surface area contributed by atoms with Crippen molar-refractivity contribution in [3.8, 4) is 0 Å². The van der Waals surface area contributed by atoms with Gasteiger partial charge in [0.1, 0.15) is 0 Å². The molecule has 2 unspecified atom stereocenters. The van der Waals surface area contributed by atoms with Crippen LogP contribution in [0, 0.1) is 0 Å². The van der Waals surface area contributed by atoms with E-state index < -0.39 is 0 Å². The minimum Gasteiger partial charge on any atom is -0.312 e. The molecule has 1 N–H and O–H groups in total. The van der Waals surface area contributed by atoms with Gasteiger partial charge in [-0.1, -0.05) is 56.5 Å². The van der Waals surface area contributed by atoms with Crippen LogP contribution in [-0.4, -0.2) is 30.6 Å². The lowest BCUT2D eigenvalue weighted by molar-refractivity contribution is 0.232. The molecular weight excluding hydrogens is 256 g/mol. The zero-order valence-electron chi connectivity index (χ0n) is 13.9. The van der Waals surface area contributed by atoms with Gasteiger partial charge < -0.3 is 5.32 Å². The zero-order chi connectivity index (χ0) is 14.9. The van der Waals surface area contributed by atoms with Gasteiger partial charge in [-0.2, -0.15) is 0 Å². The number of benzene rings is 1. The fourth-order valence-electron chi connectivity index (χ4n) is 3.30. The number of rotatable bonds is 9. The molecule has 0 aliphatic carbocycles. The van der Waals surface area contributed by atoms with Crippen LogP contribution in [0.3, 0.4) is 0 Å². The van der Waals surface area contributed by atoms with E-state index in [1.165, 1.54) is 57.2 Å². The van der Waals surface area contributed by atoms with Gasteiger partial charge in [0.15, 0.2) is 0 Å². The Morgan fingerprint density at radius 3 is 2.48 bits per heavy atom. The van der Waals surface area contributed by atoms with Gasteiger partial charge in [0.25, 0.3) is 0 Å². The molecule has 0 saturated carbocycles. The number of hydrogen-bond donors (Lipinski definition) is 1. The van der Waals surface area contributed by atoms with Gasteiger partial charge in [0.2, 0.25) is 0 Å². The summed E-state index contributed by atoms with van der Waals surface area (Å²) in [6.45, 7) is 8.20. The van der Waals surface area contributed by atoms with Gasteiger partial charge in [-0.25, -0.2) is 0 Å². The molecule has 2 rings (SSSR count). The molecule has 1 fully saturated rings. The molecule has 0 bridgehead atoms. The van der Waals surface area contributed by atoms with E-state index in [0.717, 1.165) is 6.54 Å². The molecule has 2 atom stereocenters. The highest BCUT2D eigenvalue weighted by Gasteiger charge is 2.23. The maximum atomic E-state index is 3.78. The second kappa shape index (κ2) is 9.22. The van der Waals surface area contributed by atoms with Gasteiger partial charge >= 0.3 is 0 Å². The Hall–Kier alpha value is -0.860. The molecule has 2 heteroatoms. The highest BCUT2D eigenvalue weighted by Crippen LogP contribution is 2.24. The molecule has 1 saturated heterocycles. The van der Waals surface area contributed by atoms with Crippen molar-refractivity contribution in [2.24, 2.45) is 0 Å². The summed E-state index contributed by atoms with van der Waals surface area (Å²) in [5, 5.41) is 3.78. The molecule has 0 radical (unpaired) electrons. The monoisotopic (exact) mass is 288 g/mol. The summed E-state index contributed by atoms with van der Waals surface area (Å²) >= 11 is 0. The number of hydrogen-bond acceptors (Lipinski definition) is 2. The summed E-state index contributed by atoms with van der Waals surface area (Å²) in [6.07, 6.45) is 8.04. The second-order valence-corrected chi connectivity index (χ2v) is 6.47. The van der Waals surface area contributed by atoms with E-state index in [9.17, 15) is 0 Å². The quantitative estimate of drug-likeness (QED) is 0.678. The van der Waals surface area contributed by atoms with Crippen molar-refractivity contribution in [1.82, 2.24) is 10.2 Å². The molecule has 0 spiro atoms. The van der Waals surface area contributed by atoms with Crippen LogP contribution in [0.15, 0.2) is 30.3 Å². The predicted octanol–water partition coefficient (Wildman–Crippen LogP) is 4.38. The first kappa shape index (κ1) is 16.5. The molecule has 0 amide bonds. The molecule has 1 aromatic carbocycles. The third-order valence-electron chi connectivity index (χ3n) is 4.67. The van der Waals surface area contributed by atoms with Crippen LogP contribution in [0.25, 0.3) is 0 Å². The lowest BCUT2D eigenvalue weighted by atomic mass is 10.0. The van der Waals surface area contributed by atoms with Crippen molar-refractivity contribution in [2.75, 3.05) is 19.6 Å². The van der Waals surface area contributed by atoms with Crippen molar-refractivity contribution >= 4 is 0 Å². The van der Waals surface area contributed by atoms with E-state index in [1.807, 2.05) is 0 Å². The van der Waals surface area contributed by atoms with Crippen LogP contribution in [0.2, 0.25) is 0 Å². The lowest BCUT2D eigenvalue weighted by Gasteiger charge is -2.29.